The second-order valence-corrected chi connectivity index (χ2v) is 8.23. The van der Waals surface area contributed by atoms with Crippen molar-refractivity contribution in [3.05, 3.63) is 41.5 Å². The average Bonchev–Trinajstić information content (AvgIpc) is 3.42. The number of carboxylic acids is 1. The lowest BCUT2D eigenvalue weighted by molar-refractivity contribution is -0.138. The van der Waals surface area contributed by atoms with Crippen LogP contribution in [0.2, 0.25) is 0 Å². The molecule has 11 heteroatoms. The third kappa shape index (κ3) is 4.51. The number of alkyl halides is 1. The fourth-order valence-corrected chi connectivity index (χ4v) is 3.86. The van der Waals surface area contributed by atoms with E-state index in [1.54, 1.807) is 30.3 Å². The number of hydrogen-bond acceptors (Lipinski definition) is 8. The molecule has 3 aromatic rings. The third-order valence-corrected chi connectivity index (χ3v) is 5.47. The molecule has 1 aromatic carbocycles. The minimum atomic E-state index is -1.59. The minimum absolute atomic E-state index is 0.0361. The highest BCUT2D eigenvalue weighted by atomic mass is 19.1. The first-order chi connectivity index (χ1) is 15.2. The van der Waals surface area contributed by atoms with Gasteiger partial charge < -0.3 is 14.5 Å². The lowest BCUT2D eigenvalue weighted by Crippen LogP contribution is -2.37. The van der Waals surface area contributed by atoms with Crippen LogP contribution in [0.5, 0.6) is 0 Å². The molecule has 1 saturated heterocycles. The normalized spacial score (nSPS) is 15.2. The molecule has 32 heavy (non-hydrogen) atoms. The van der Waals surface area contributed by atoms with Gasteiger partial charge >= 0.3 is 5.97 Å². The summed E-state index contributed by atoms with van der Waals surface area (Å²) < 4.78 is 19.9. The van der Waals surface area contributed by atoms with Gasteiger partial charge in [0.1, 0.15) is 5.67 Å². The van der Waals surface area contributed by atoms with Gasteiger partial charge in [-0.05, 0) is 37.5 Å². The number of nitrogens with zero attached hydrogens (tertiary/aromatic N) is 6. The molecule has 1 aliphatic rings. The second-order valence-electron chi connectivity index (χ2n) is 8.23. The number of aliphatic carboxylic acids is 1. The number of anilines is 1. The Bertz CT molecular complexity index is 1130. The first-order valence-corrected chi connectivity index (χ1v) is 10.3. The van der Waals surface area contributed by atoms with E-state index in [1.165, 1.54) is 13.8 Å². The van der Waals surface area contributed by atoms with Crippen molar-refractivity contribution in [1.82, 2.24) is 25.4 Å². The van der Waals surface area contributed by atoms with E-state index in [9.17, 15) is 14.0 Å². The summed E-state index contributed by atoms with van der Waals surface area (Å²) in [6, 6.07) is 8.52. The van der Waals surface area contributed by atoms with Crippen LogP contribution >= 0.6 is 0 Å². The van der Waals surface area contributed by atoms with E-state index >= 15 is 0 Å². The van der Waals surface area contributed by atoms with Crippen molar-refractivity contribution >= 4 is 17.6 Å². The molecule has 3 heterocycles. The summed E-state index contributed by atoms with van der Waals surface area (Å²) >= 11 is 0. The van der Waals surface area contributed by atoms with Crippen LogP contribution in [0.4, 0.5) is 10.2 Å². The van der Waals surface area contributed by atoms with E-state index in [2.05, 4.69) is 20.6 Å². The molecule has 0 radical (unpaired) electrons. The van der Waals surface area contributed by atoms with Gasteiger partial charge in [0.25, 0.3) is 0 Å². The van der Waals surface area contributed by atoms with E-state index in [4.69, 9.17) is 9.63 Å². The number of halogens is 1. The molecule has 0 saturated carbocycles. The second kappa shape index (κ2) is 8.48. The van der Waals surface area contributed by atoms with Crippen LogP contribution in [0.15, 0.2) is 34.9 Å². The Labute approximate surface area is 183 Å². The molecule has 0 unspecified atom stereocenters. The topological polar surface area (TPSA) is 127 Å². The van der Waals surface area contributed by atoms with Crippen LogP contribution in [0, 0.1) is 5.92 Å². The monoisotopic (exact) mass is 442 g/mol. The van der Waals surface area contributed by atoms with Crippen LogP contribution in [0.25, 0.3) is 11.6 Å². The maximum absolute atomic E-state index is 14.6. The zero-order valence-corrected chi connectivity index (χ0v) is 17.7. The SMILES string of the molecule is CC(C)(F)c1ccccc1C(=O)C1CCN(c2cc(-c3nnn(CC(=O)O)n3)on2)CC1. The van der Waals surface area contributed by atoms with Crippen LogP contribution in [0.3, 0.4) is 0 Å². The van der Waals surface area contributed by atoms with E-state index in [0.29, 0.717) is 42.9 Å². The zero-order chi connectivity index (χ0) is 22.9. The van der Waals surface area contributed by atoms with Crippen LogP contribution in [0.1, 0.15) is 42.6 Å². The summed E-state index contributed by atoms with van der Waals surface area (Å²) in [6.07, 6.45) is 1.21. The molecular formula is C21H23FN6O4. The molecule has 168 valence electrons. The molecule has 4 rings (SSSR count). The molecule has 0 spiro atoms. The van der Waals surface area contributed by atoms with Gasteiger partial charge in [0.15, 0.2) is 18.1 Å². The Morgan fingerprint density at radius 2 is 1.97 bits per heavy atom. The Balaban J connectivity index is 1.41. The van der Waals surface area contributed by atoms with Crippen molar-refractivity contribution < 1.29 is 23.6 Å². The molecule has 0 aliphatic carbocycles. The maximum atomic E-state index is 14.6. The molecule has 1 fully saturated rings. The largest absolute Gasteiger partial charge is 0.480 e. The van der Waals surface area contributed by atoms with Crippen LogP contribution in [-0.4, -0.2) is 55.3 Å². The van der Waals surface area contributed by atoms with Crippen molar-refractivity contribution in [2.75, 3.05) is 18.0 Å². The summed E-state index contributed by atoms with van der Waals surface area (Å²) in [6.45, 7) is 3.68. The van der Waals surface area contributed by atoms with Crippen LogP contribution < -0.4 is 4.90 Å². The summed E-state index contributed by atoms with van der Waals surface area (Å²) in [5, 5.41) is 24.3. The fraction of sp³-hybridized carbons (Fsp3) is 0.429. The molecule has 0 amide bonds. The molecule has 0 atom stereocenters. The highest BCUT2D eigenvalue weighted by Crippen LogP contribution is 2.32. The van der Waals surface area contributed by atoms with Gasteiger partial charge in [-0.1, -0.05) is 29.4 Å². The Hall–Kier alpha value is -3.63. The number of tetrazole rings is 1. The number of Topliss-reactive ketones (excluding diaryl/α,β-unsaturated/α-hetero) is 1. The number of hydrogen-bond donors (Lipinski definition) is 1. The summed E-state index contributed by atoms with van der Waals surface area (Å²) in [4.78, 5) is 26.8. The van der Waals surface area contributed by atoms with Crippen molar-refractivity contribution in [3.8, 4) is 11.6 Å². The molecule has 0 bridgehead atoms. The fourth-order valence-electron chi connectivity index (χ4n) is 3.86. The number of aromatic nitrogens is 5. The van der Waals surface area contributed by atoms with E-state index in [1.807, 2.05) is 4.90 Å². The average molecular weight is 442 g/mol. The Kier molecular flexibility index (Phi) is 5.72. The first-order valence-electron chi connectivity index (χ1n) is 10.3. The van der Waals surface area contributed by atoms with Crippen molar-refractivity contribution in [1.29, 1.82) is 0 Å². The van der Waals surface area contributed by atoms with Gasteiger partial charge in [0, 0.05) is 30.6 Å². The van der Waals surface area contributed by atoms with Gasteiger partial charge in [-0.3, -0.25) is 9.59 Å². The standard InChI is InChI=1S/C21H23FN6O4/c1-21(2,22)15-6-4-3-5-14(15)19(31)13-7-9-27(10-8-13)17-11-16(32-25-17)20-23-26-28(24-20)12-18(29)30/h3-6,11,13H,7-10,12H2,1-2H3,(H,29,30). The highest BCUT2D eigenvalue weighted by molar-refractivity contribution is 5.99. The van der Waals surface area contributed by atoms with Crippen molar-refractivity contribution in [2.24, 2.45) is 5.92 Å². The zero-order valence-electron chi connectivity index (χ0n) is 17.7. The molecule has 1 aliphatic heterocycles. The van der Waals surface area contributed by atoms with Crippen molar-refractivity contribution in [3.63, 3.8) is 0 Å². The van der Waals surface area contributed by atoms with Gasteiger partial charge in [0.2, 0.25) is 11.6 Å². The number of ketones is 1. The lowest BCUT2D eigenvalue weighted by Gasteiger charge is -2.31. The van der Waals surface area contributed by atoms with Crippen molar-refractivity contribution in [2.45, 2.75) is 38.9 Å². The Morgan fingerprint density at radius 1 is 1.25 bits per heavy atom. The third-order valence-electron chi connectivity index (χ3n) is 5.47. The number of piperidine rings is 1. The van der Waals surface area contributed by atoms with Gasteiger partial charge in [0.05, 0.1) is 0 Å². The minimum Gasteiger partial charge on any atom is -0.480 e. The number of rotatable bonds is 7. The smallest absolute Gasteiger partial charge is 0.327 e. The quantitative estimate of drug-likeness (QED) is 0.549. The number of carbonyl (C=O) groups is 2. The van der Waals surface area contributed by atoms with Gasteiger partial charge in [-0.15, -0.1) is 10.2 Å². The maximum Gasteiger partial charge on any atom is 0.327 e. The van der Waals surface area contributed by atoms with E-state index in [-0.39, 0.29) is 23.3 Å². The number of carbonyl (C=O) groups excluding carboxylic acids is 1. The Morgan fingerprint density at radius 3 is 2.66 bits per heavy atom. The molecule has 2 aromatic heterocycles. The first kappa shape index (κ1) is 21.6. The molecular weight excluding hydrogens is 419 g/mol. The van der Waals surface area contributed by atoms with Gasteiger partial charge in [-0.25, -0.2) is 4.39 Å². The summed E-state index contributed by atoms with van der Waals surface area (Å²) in [7, 11) is 0. The summed E-state index contributed by atoms with van der Waals surface area (Å²) in [5.74, 6) is -0.327. The van der Waals surface area contributed by atoms with E-state index in [0.717, 1.165) is 4.80 Å². The predicted molar refractivity (Wildman–Crippen MR) is 111 cm³/mol. The molecule has 1 N–H and O–H groups in total. The summed E-state index contributed by atoms with van der Waals surface area (Å²) in [5.41, 5.74) is -0.737. The number of carboxylic acid groups (broad SMARTS) is 1. The van der Waals surface area contributed by atoms with Gasteiger partial charge in [-0.2, -0.15) is 4.80 Å². The predicted octanol–water partition coefficient (Wildman–Crippen LogP) is 2.72. The highest BCUT2D eigenvalue weighted by Gasteiger charge is 2.31. The lowest BCUT2D eigenvalue weighted by atomic mass is 9.84. The van der Waals surface area contributed by atoms with E-state index < -0.39 is 18.2 Å². The van der Waals surface area contributed by atoms with Crippen LogP contribution in [-0.2, 0) is 17.0 Å². The number of benzene rings is 1. The molecule has 10 nitrogen and oxygen atoms in total.